The van der Waals surface area contributed by atoms with E-state index in [1.165, 1.54) is 39.9 Å². The number of nitro benzene ring substituents is 1. The highest BCUT2D eigenvalue weighted by Crippen LogP contribution is 2.30. The molecule has 26 heavy (non-hydrogen) atoms. The van der Waals surface area contributed by atoms with Gasteiger partial charge in [0.1, 0.15) is 10.3 Å². The van der Waals surface area contributed by atoms with E-state index in [1.807, 2.05) is 6.92 Å². The van der Waals surface area contributed by atoms with E-state index in [-0.39, 0.29) is 16.4 Å². The molecule has 3 rings (SSSR count). The molecule has 0 spiro atoms. The predicted molar refractivity (Wildman–Crippen MR) is 97.7 cm³/mol. The number of aryl methyl sites for hydroxylation is 1. The Bertz CT molecular complexity index is 937. The van der Waals surface area contributed by atoms with Crippen LogP contribution in [0.1, 0.15) is 17.7 Å². The van der Waals surface area contributed by atoms with Gasteiger partial charge in [0.2, 0.25) is 5.91 Å². The zero-order valence-corrected chi connectivity index (χ0v) is 15.5. The van der Waals surface area contributed by atoms with Crippen molar-refractivity contribution in [2.75, 3.05) is 11.9 Å². The number of thiophene rings is 1. The maximum Gasteiger partial charge on any atom is 0.269 e. The molecule has 1 aliphatic rings. The first-order chi connectivity index (χ1) is 12.3. The molecule has 1 amide bonds. The van der Waals surface area contributed by atoms with Gasteiger partial charge in [-0.05, 0) is 44.0 Å². The molecule has 1 aliphatic heterocycles. The number of sulfonamides is 1. The van der Waals surface area contributed by atoms with Crippen molar-refractivity contribution in [3.05, 3.63) is 51.4 Å². The van der Waals surface area contributed by atoms with Gasteiger partial charge >= 0.3 is 0 Å². The minimum absolute atomic E-state index is 0.0823. The molecule has 0 radical (unpaired) electrons. The second kappa shape index (κ2) is 7.14. The topological polar surface area (TPSA) is 110 Å². The number of carbonyl (C=O) groups excluding carboxylic acids is 1. The van der Waals surface area contributed by atoms with Crippen LogP contribution in [-0.4, -0.2) is 36.1 Å². The smallest absolute Gasteiger partial charge is 0.269 e. The van der Waals surface area contributed by atoms with Crippen molar-refractivity contribution < 1.29 is 18.1 Å². The van der Waals surface area contributed by atoms with Crippen LogP contribution in [0.15, 0.2) is 40.6 Å². The largest absolute Gasteiger partial charge is 0.325 e. The lowest BCUT2D eigenvalue weighted by molar-refractivity contribution is -0.384. The molecule has 1 aromatic carbocycles. The molecule has 1 atom stereocenters. The molecule has 2 aromatic rings. The van der Waals surface area contributed by atoms with Crippen LogP contribution in [0.3, 0.4) is 0 Å². The third-order valence-electron chi connectivity index (χ3n) is 4.13. The van der Waals surface area contributed by atoms with Gasteiger partial charge in [0, 0.05) is 29.2 Å². The van der Waals surface area contributed by atoms with Gasteiger partial charge in [-0.15, -0.1) is 11.3 Å². The molecule has 1 fully saturated rings. The average Bonchev–Trinajstić information content (AvgIpc) is 3.24. The minimum atomic E-state index is -3.72. The fourth-order valence-electron chi connectivity index (χ4n) is 2.85. The minimum Gasteiger partial charge on any atom is -0.325 e. The zero-order chi connectivity index (χ0) is 18.9. The molecular weight excluding hydrogens is 378 g/mol. The van der Waals surface area contributed by atoms with E-state index >= 15 is 0 Å². The van der Waals surface area contributed by atoms with E-state index < -0.39 is 26.9 Å². The molecule has 138 valence electrons. The highest BCUT2D eigenvalue weighted by molar-refractivity contribution is 7.91. The van der Waals surface area contributed by atoms with E-state index in [0.717, 1.165) is 4.88 Å². The summed E-state index contributed by atoms with van der Waals surface area (Å²) in [7, 11) is -3.72. The Kier molecular flexibility index (Phi) is 5.08. The predicted octanol–water partition coefficient (Wildman–Crippen LogP) is 2.76. The number of anilines is 1. The summed E-state index contributed by atoms with van der Waals surface area (Å²) in [5.41, 5.74) is 0.304. The maximum absolute atomic E-state index is 12.8. The number of nitro groups is 1. The number of amides is 1. The third-order valence-corrected chi connectivity index (χ3v) is 7.51. The van der Waals surface area contributed by atoms with E-state index in [0.29, 0.717) is 18.5 Å². The number of nitrogens with zero attached hydrogens (tertiary/aromatic N) is 2. The second-order valence-corrected chi connectivity index (χ2v) is 9.34. The molecule has 0 bridgehead atoms. The molecule has 8 nitrogen and oxygen atoms in total. The van der Waals surface area contributed by atoms with Crippen LogP contribution in [0.4, 0.5) is 11.4 Å². The summed E-state index contributed by atoms with van der Waals surface area (Å²) in [6.07, 6.45) is 1.03. The number of carbonyl (C=O) groups is 1. The molecular formula is C16H17N3O5S2. The van der Waals surface area contributed by atoms with Gasteiger partial charge in [0.05, 0.1) is 4.92 Å². The van der Waals surface area contributed by atoms with E-state index in [4.69, 9.17) is 0 Å². The summed E-state index contributed by atoms with van der Waals surface area (Å²) >= 11 is 1.18. The van der Waals surface area contributed by atoms with Gasteiger partial charge in [-0.2, -0.15) is 4.31 Å². The van der Waals surface area contributed by atoms with E-state index in [9.17, 15) is 23.3 Å². The molecule has 1 aromatic heterocycles. The number of hydrogen-bond acceptors (Lipinski definition) is 6. The SMILES string of the molecule is Cc1ccc(S(=O)(=O)N2CCCC2C(=O)Nc2ccc([N+](=O)[O-])cc2)s1. The summed E-state index contributed by atoms with van der Waals surface area (Å²) in [5.74, 6) is -0.437. The summed E-state index contributed by atoms with van der Waals surface area (Å²) < 4.78 is 27.1. The quantitative estimate of drug-likeness (QED) is 0.618. The summed E-state index contributed by atoms with van der Waals surface area (Å²) in [6.45, 7) is 2.12. The highest BCUT2D eigenvalue weighted by Gasteiger charge is 2.40. The van der Waals surface area contributed by atoms with E-state index in [2.05, 4.69) is 5.32 Å². The molecule has 2 heterocycles. The molecule has 1 saturated heterocycles. The maximum atomic E-state index is 12.8. The van der Waals surface area contributed by atoms with Crippen molar-refractivity contribution in [1.29, 1.82) is 0 Å². The lowest BCUT2D eigenvalue weighted by atomic mass is 10.2. The van der Waals surface area contributed by atoms with Gasteiger partial charge in [0.15, 0.2) is 0 Å². The van der Waals surface area contributed by atoms with Gasteiger partial charge in [-0.1, -0.05) is 0 Å². The summed E-state index contributed by atoms with van der Waals surface area (Å²) in [6, 6.07) is 7.91. The first-order valence-electron chi connectivity index (χ1n) is 7.92. The number of nitrogens with one attached hydrogen (secondary N) is 1. The standard InChI is InChI=1S/C16H17N3O5S2/c1-11-4-9-15(25-11)26(23,24)18-10-2-3-14(18)16(20)17-12-5-7-13(8-6-12)19(21)22/h4-9,14H,2-3,10H2,1H3,(H,17,20). The van der Waals surface area contributed by atoms with Crippen molar-refractivity contribution >= 4 is 38.6 Å². The Hall–Kier alpha value is -2.30. The van der Waals surface area contributed by atoms with Crippen molar-refractivity contribution in [3.63, 3.8) is 0 Å². The third kappa shape index (κ3) is 3.62. The molecule has 0 aliphatic carbocycles. The zero-order valence-electron chi connectivity index (χ0n) is 13.9. The Labute approximate surface area is 154 Å². The number of hydrogen-bond donors (Lipinski definition) is 1. The molecule has 1 N–H and O–H groups in total. The van der Waals surface area contributed by atoms with Crippen molar-refractivity contribution in [3.8, 4) is 0 Å². The average molecular weight is 395 g/mol. The first-order valence-corrected chi connectivity index (χ1v) is 10.2. The van der Waals surface area contributed by atoms with Crippen LogP contribution in [-0.2, 0) is 14.8 Å². The highest BCUT2D eigenvalue weighted by atomic mass is 32.2. The van der Waals surface area contributed by atoms with Crippen LogP contribution in [0, 0.1) is 17.0 Å². The van der Waals surface area contributed by atoms with Crippen LogP contribution in [0.2, 0.25) is 0 Å². The Morgan fingerprint density at radius 2 is 1.96 bits per heavy atom. The first kappa shape index (κ1) is 18.5. The van der Waals surface area contributed by atoms with Crippen molar-refractivity contribution in [2.45, 2.75) is 30.0 Å². The normalized spacial score (nSPS) is 18.0. The second-order valence-electron chi connectivity index (χ2n) is 5.93. The number of non-ortho nitro benzene ring substituents is 1. The van der Waals surface area contributed by atoms with Gasteiger partial charge in [-0.3, -0.25) is 14.9 Å². The Morgan fingerprint density at radius 3 is 2.54 bits per heavy atom. The van der Waals surface area contributed by atoms with Gasteiger partial charge in [0.25, 0.3) is 15.7 Å². The van der Waals surface area contributed by atoms with E-state index in [1.54, 1.807) is 12.1 Å². The lowest BCUT2D eigenvalue weighted by Crippen LogP contribution is -2.42. The number of benzene rings is 1. The lowest BCUT2D eigenvalue weighted by Gasteiger charge is -2.22. The number of rotatable bonds is 5. The molecule has 1 unspecified atom stereocenters. The Morgan fingerprint density at radius 1 is 1.27 bits per heavy atom. The van der Waals surface area contributed by atoms with Crippen LogP contribution in [0.5, 0.6) is 0 Å². The van der Waals surface area contributed by atoms with Crippen molar-refractivity contribution in [2.24, 2.45) is 0 Å². The monoisotopic (exact) mass is 395 g/mol. The molecule has 10 heteroatoms. The molecule has 0 saturated carbocycles. The van der Waals surface area contributed by atoms with Crippen LogP contribution < -0.4 is 5.32 Å². The van der Waals surface area contributed by atoms with Crippen LogP contribution >= 0.6 is 11.3 Å². The van der Waals surface area contributed by atoms with Crippen LogP contribution in [0.25, 0.3) is 0 Å². The van der Waals surface area contributed by atoms with Gasteiger partial charge in [-0.25, -0.2) is 8.42 Å². The van der Waals surface area contributed by atoms with Crippen molar-refractivity contribution in [1.82, 2.24) is 4.31 Å². The summed E-state index contributed by atoms with van der Waals surface area (Å²) in [5, 5.41) is 13.3. The fraction of sp³-hybridized carbons (Fsp3) is 0.312. The summed E-state index contributed by atoms with van der Waals surface area (Å²) in [4.78, 5) is 23.6. The van der Waals surface area contributed by atoms with Gasteiger partial charge < -0.3 is 5.32 Å². The Balaban J connectivity index is 1.77. The fourth-order valence-corrected chi connectivity index (χ4v) is 5.92.